The van der Waals surface area contributed by atoms with Crippen molar-refractivity contribution in [3.63, 3.8) is 0 Å². The molecule has 9 heteroatoms. The van der Waals surface area contributed by atoms with Crippen LogP contribution >= 0.6 is 0 Å². The normalized spacial score (nSPS) is 16.9. The van der Waals surface area contributed by atoms with Crippen molar-refractivity contribution in [3.8, 4) is 11.3 Å². The minimum Gasteiger partial charge on any atom is -0.398 e. The van der Waals surface area contributed by atoms with E-state index in [2.05, 4.69) is 25.5 Å². The number of hydrogen-bond donors (Lipinski definition) is 3. The van der Waals surface area contributed by atoms with Crippen LogP contribution in [0.1, 0.15) is 48.0 Å². The molecule has 0 radical (unpaired) electrons. The van der Waals surface area contributed by atoms with Crippen LogP contribution in [0.5, 0.6) is 0 Å². The first kappa shape index (κ1) is 24.0. The van der Waals surface area contributed by atoms with Crippen LogP contribution in [0, 0.1) is 5.82 Å². The number of nitrogens with two attached hydrogens (primary N) is 1. The molecular weight excluding hydrogens is 459 g/mol. The van der Waals surface area contributed by atoms with Crippen LogP contribution in [-0.4, -0.2) is 42.1 Å². The van der Waals surface area contributed by atoms with Crippen molar-refractivity contribution >= 4 is 28.9 Å². The number of fused-ring (bicyclic) bond motifs is 9. The molecule has 6 rings (SSSR count). The van der Waals surface area contributed by atoms with Crippen LogP contribution in [0.3, 0.4) is 0 Å². The quantitative estimate of drug-likeness (QED) is 0.427. The predicted octanol–water partition coefficient (Wildman–Crippen LogP) is 4.64. The third kappa shape index (κ3) is 5.41. The summed E-state index contributed by atoms with van der Waals surface area (Å²) in [6, 6.07) is 10.5. The summed E-state index contributed by atoms with van der Waals surface area (Å²) in [5, 5.41) is 6.16. The minimum atomic E-state index is -0.247. The van der Waals surface area contributed by atoms with Gasteiger partial charge >= 0.3 is 0 Å². The first-order valence-electron chi connectivity index (χ1n) is 12.5. The summed E-state index contributed by atoms with van der Waals surface area (Å²) in [5.74, 6) is -0.0573. The van der Waals surface area contributed by atoms with Crippen LogP contribution in [0.25, 0.3) is 11.3 Å². The lowest BCUT2D eigenvalue weighted by atomic mass is 10.1. The Bertz CT molecular complexity index is 1240. The standard InChI is InChI=1S/C27H31FN6O2/c28-25-19-14-20(16-24(25)34-11-3-1-4-12-34)32-27-31-10-8-23(33-27)21-7-6-18(15-22(21)29)26(35)30-9-2-5-13-36-17-19/h6-8,10,14-16H,1-5,9,11-13,17,29H2,(H,30,35)(H,31,32,33). The van der Waals surface area contributed by atoms with Crippen molar-refractivity contribution < 1.29 is 13.9 Å². The summed E-state index contributed by atoms with van der Waals surface area (Å²) >= 11 is 0. The molecule has 6 bridgehead atoms. The highest BCUT2D eigenvalue weighted by Crippen LogP contribution is 2.32. The summed E-state index contributed by atoms with van der Waals surface area (Å²) in [6.45, 7) is 2.81. The van der Waals surface area contributed by atoms with Gasteiger partial charge in [-0.1, -0.05) is 0 Å². The van der Waals surface area contributed by atoms with Crippen LogP contribution in [-0.2, 0) is 11.3 Å². The average Bonchev–Trinajstić information content (AvgIpc) is 2.89. The van der Waals surface area contributed by atoms with Crippen LogP contribution < -0.4 is 21.3 Å². The van der Waals surface area contributed by atoms with Gasteiger partial charge in [0, 0.05) is 60.5 Å². The van der Waals surface area contributed by atoms with E-state index in [0.717, 1.165) is 45.2 Å². The number of rotatable bonds is 1. The maximum Gasteiger partial charge on any atom is 0.251 e. The highest BCUT2D eigenvalue weighted by molar-refractivity contribution is 5.96. The van der Waals surface area contributed by atoms with Gasteiger partial charge in [-0.15, -0.1) is 0 Å². The Morgan fingerprint density at radius 1 is 1.03 bits per heavy atom. The molecule has 3 aliphatic rings. The zero-order chi connectivity index (χ0) is 24.9. The van der Waals surface area contributed by atoms with E-state index in [-0.39, 0.29) is 18.3 Å². The summed E-state index contributed by atoms with van der Waals surface area (Å²) in [5.41, 5.74) is 10.3. The van der Waals surface area contributed by atoms with E-state index >= 15 is 4.39 Å². The first-order valence-corrected chi connectivity index (χ1v) is 12.5. The Labute approximate surface area is 210 Å². The van der Waals surface area contributed by atoms with Crippen LogP contribution in [0.15, 0.2) is 42.6 Å². The van der Waals surface area contributed by atoms with E-state index in [1.165, 1.54) is 0 Å². The molecule has 1 aromatic heterocycles. The van der Waals surface area contributed by atoms with Crippen LogP contribution in [0.4, 0.5) is 27.4 Å². The fourth-order valence-corrected chi connectivity index (χ4v) is 4.66. The molecule has 8 nitrogen and oxygen atoms in total. The zero-order valence-electron chi connectivity index (χ0n) is 20.2. The maximum atomic E-state index is 15.5. The highest BCUT2D eigenvalue weighted by Gasteiger charge is 2.20. The summed E-state index contributed by atoms with van der Waals surface area (Å²) < 4.78 is 21.4. The lowest BCUT2D eigenvalue weighted by Crippen LogP contribution is -2.30. The summed E-state index contributed by atoms with van der Waals surface area (Å²) in [7, 11) is 0. The molecule has 0 unspecified atom stereocenters. The van der Waals surface area contributed by atoms with Gasteiger partial charge in [-0.05, 0) is 68.5 Å². The summed E-state index contributed by atoms with van der Waals surface area (Å²) in [4.78, 5) is 23.6. The van der Waals surface area contributed by atoms with E-state index in [9.17, 15) is 4.79 Å². The van der Waals surface area contributed by atoms with E-state index in [1.807, 2.05) is 6.07 Å². The molecule has 36 heavy (non-hydrogen) atoms. The van der Waals surface area contributed by atoms with Gasteiger partial charge in [-0.25, -0.2) is 14.4 Å². The second kappa shape index (κ2) is 10.9. The molecule has 0 atom stereocenters. The molecule has 4 N–H and O–H groups in total. The van der Waals surface area contributed by atoms with Crippen molar-refractivity contribution in [1.82, 2.24) is 15.3 Å². The van der Waals surface area contributed by atoms with E-state index in [1.54, 1.807) is 36.5 Å². The number of anilines is 4. The molecule has 2 aromatic carbocycles. The predicted molar refractivity (Wildman–Crippen MR) is 139 cm³/mol. The van der Waals surface area contributed by atoms with Gasteiger partial charge in [0.2, 0.25) is 5.95 Å². The number of carbonyl (C=O) groups is 1. The topological polar surface area (TPSA) is 105 Å². The Morgan fingerprint density at radius 2 is 1.89 bits per heavy atom. The molecule has 0 spiro atoms. The number of piperidine rings is 1. The monoisotopic (exact) mass is 490 g/mol. The highest BCUT2D eigenvalue weighted by atomic mass is 19.1. The van der Waals surface area contributed by atoms with Gasteiger partial charge in [0.1, 0.15) is 0 Å². The molecule has 0 aliphatic carbocycles. The first-order chi connectivity index (χ1) is 17.6. The molecule has 1 amide bonds. The molecule has 1 saturated heterocycles. The van der Waals surface area contributed by atoms with Gasteiger partial charge in [0.25, 0.3) is 5.91 Å². The number of carbonyl (C=O) groups excluding carboxylic acids is 1. The van der Waals surface area contributed by atoms with Gasteiger partial charge < -0.3 is 26.0 Å². The number of nitrogens with one attached hydrogen (secondary N) is 2. The van der Waals surface area contributed by atoms with Crippen LogP contribution in [0.2, 0.25) is 0 Å². The fourth-order valence-electron chi connectivity index (χ4n) is 4.66. The molecule has 1 fully saturated rings. The average molecular weight is 491 g/mol. The number of ether oxygens (including phenoxy) is 1. The smallest absolute Gasteiger partial charge is 0.251 e. The Morgan fingerprint density at radius 3 is 2.72 bits per heavy atom. The second-order valence-corrected chi connectivity index (χ2v) is 9.22. The Kier molecular flexibility index (Phi) is 7.27. The number of nitrogens with zero attached hydrogens (tertiary/aromatic N) is 3. The molecule has 3 aliphatic heterocycles. The largest absolute Gasteiger partial charge is 0.398 e. The fraction of sp³-hybridized carbons (Fsp3) is 0.370. The number of hydrogen-bond acceptors (Lipinski definition) is 7. The number of aromatic nitrogens is 2. The van der Waals surface area contributed by atoms with Crippen molar-refractivity contribution in [3.05, 3.63) is 59.5 Å². The summed E-state index contributed by atoms with van der Waals surface area (Å²) in [6.07, 6.45) is 6.41. The molecule has 188 valence electrons. The second-order valence-electron chi connectivity index (χ2n) is 9.22. The minimum absolute atomic E-state index is 0.162. The van der Waals surface area contributed by atoms with Crippen molar-refractivity contribution in [2.45, 2.75) is 38.7 Å². The van der Waals surface area contributed by atoms with Crippen molar-refractivity contribution in [2.75, 3.05) is 42.2 Å². The third-order valence-electron chi connectivity index (χ3n) is 6.59. The number of amides is 1. The van der Waals surface area contributed by atoms with Crippen molar-refractivity contribution in [1.29, 1.82) is 0 Å². The zero-order valence-corrected chi connectivity index (χ0v) is 20.2. The molecule has 4 heterocycles. The SMILES string of the molecule is Nc1cc2ccc1-c1ccnc(n1)Nc1cc(c(F)c(N3CCCCC3)c1)COCCCCNC2=O. The Hall–Kier alpha value is -3.72. The third-order valence-corrected chi connectivity index (χ3v) is 6.59. The van der Waals surface area contributed by atoms with E-state index in [4.69, 9.17) is 10.5 Å². The van der Waals surface area contributed by atoms with Gasteiger partial charge in [-0.3, -0.25) is 4.79 Å². The van der Waals surface area contributed by atoms with Gasteiger partial charge in [0.15, 0.2) is 5.82 Å². The molecule has 0 saturated carbocycles. The molecule has 3 aromatic rings. The van der Waals surface area contributed by atoms with E-state index in [0.29, 0.717) is 58.5 Å². The maximum absolute atomic E-state index is 15.5. The van der Waals surface area contributed by atoms with Gasteiger partial charge in [0.05, 0.1) is 18.0 Å². The lowest BCUT2D eigenvalue weighted by molar-refractivity contribution is 0.0945. The number of benzene rings is 2. The van der Waals surface area contributed by atoms with Crippen molar-refractivity contribution in [2.24, 2.45) is 0 Å². The lowest BCUT2D eigenvalue weighted by Gasteiger charge is -2.30. The molecular formula is C27H31FN6O2. The van der Waals surface area contributed by atoms with E-state index < -0.39 is 0 Å². The Balaban J connectivity index is 1.52. The number of halogens is 1. The number of nitrogen functional groups attached to an aromatic ring is 1. The van der Waals surface area contributed by atoms with Gasteiger partial charge in [-0.2, -0.15) is 0 Å².